The molecule has 0 radical (unpaired) electrons. The van der Waals surface area contributed by atoms with Crippen molar-refractivity contribution < 1.29 is 24.2 Å². The number of amides is 1. The van der Waals surface area contributed by atoms with Crippen molar-refractivity contribution in [2.24, 2.45) is 0 Å². The number of nitrogens with zero attached hydrogens (tertiary/aromatic N) is 3. The number of aromatic nitrogens is 1. The number of benzene rings is 1. The van der Waals surface area contributed by atoms with Crippen molar-refractivity contribution in [3.05, 3.63) is 59.4 Å². The molecule has 2 heterocycles. The minimum atomic E-state index is -0.745. The molecular formula is C22H25N3O5. The van der Waals surface area contributed by atoms with Crippen LogP contribution in [0.4, 0.5) is 0 Å². The van der Waals surface area contributed by atoms with Crippen molar-refractivity contribution in [1.29, 1.82) is 0 Å². The number of aliphatic hydroxyl groups is 1. The number of ether oxygens (including phenoxy) is 2. The zero-order valence-corrected chi connectivity index (χ0v) is 17.5. The zero-order chi connectivity index (χ0) is 21.8. The monoisotopic (exact) mass is 411 g/mol. The van der Waals surface area contributed by atoms with Crippen molar-refractivity contribution in [2.45, 2.75) is 6.04 Å². The van der Waals surface area contributed by atoms with E-state index >= 15 is 0 Å². The van der Waals surface area contributed by atoms with Crippen LogP contribution in [-0.2, 0) is 9.59 Å². The molecular weight excluding hydrogens is 386 g/mol. The van der Waals surface area contributed by atoms with E-state index in [2.05, 4.69) is 4.98 Å². The van der Waals surface area contributed by atoms with Gasteiger partial charge in [-0.25, -0.2) is 0 Å². The van der Waals surface area contributed by atoms with Gasteiger partial charge in [0.25, 0.3) is 11.7 Å². The highest BCUT2D eigenvalue weighted by Gasteiger charge is 2.46. The highest BCUT2D eigenvalue weighted by molar-refractivity contribution is 6.46. The average Bonchev–Trinajstić information content (AvgIpc) is 3.02. The number of hydrogen-bond donors (Lipinski definition) is 1. The van der Waals surface area contributed by atoms with Gasteiger partial charge >= 0.3 is 0 Å². The number of ketones is 1. The molecule has 1 atom stereocenters. The quantitative estimate of drug-likeness (QED) is 0.424. The van der Waals surface area contributed by atoms with E-state index < -0.39 is 17.7 Å². The van der Waals surface area contributed by atoms with Crippen LogP contribution >= 0.6 is 0 Å². The number of likely N-dealkylation sites (N-methyl/N-ethyl adjacent to an activating group) is 1. The zero-order valence-electron chi connectivity index (χ0n) is 17.5. The van der Waals surface area contributed by atoms with E-state index in [-0.39, 0.29) is 11.3 Å². The molecule has 30 heavy (non-hydrogen) atoms. The summed E-state index contributed by atoms with van der Waals surface area (Å²) in [5, 5.41) is 11.1. The minimum Gasteiger partial charge on any atom is -0.507 e. The SMILES string of the molecule is COc1ccc(/C(O)=C2\C(=O)C(=O)N(CCN(C)C)C2c2cccnc2)c(OC)c1. The van der Waals surface area contributed by atoms with Gasteiger partial charge in [-0.05, 0) is 37.9 Å². The molecule has 1 unspecified atom stereocenters. The maximum Gasteiger partial charge on any atom is 0.295 e. The van der Waals surface area contributed by atoms with E-state index in [0.717, 1.165) is 0 Å². The van der Waals surface area contributed by atoms with Gasteiger partial charge in [0.15, 0.2) is 0 Å². The summed E-state index contributed by atoms with van der Waals surface area (Å²) >= 11 is 0. The Morgan fingerprint density at radius 1 is 1.20 bits per heavy atom. The van der Waals surface area contributed by atoms with Crippen LogP contribution in [0.2, 0.25) is 0 Å². The Morgan fingerprint density at radius 2 is 1.97 bits per heavy atom. The van der Waals surface area contributed by atoms with Crippen molar-refractivity contribution >= 4 is 17.4 Å². The number of pyridine rings is 1. The van der Waals surface area contributed by atoms with Crippen LogP contribution in [0.5, 0.6) is 11.5 Å². The van der Waals surface area contributed by atoms with E-state index in [1.807, 2.05) is 19.0 Å². The number of carbonyl (C=O) groups excluding carboxylic acids is 2. The number of aliphatic hydroxyl groups excluding tert-OH is 1. The number of carbonyl (C=O) groups is 2. The molecule has 0 spiro atoms. The van der Waals surface area contributed by atoms with Gasteiger partial charge in [-0.3, -0.25) is 14.6 Å². The van der Waals surface area contributed by atoms with Gasteiger partial charge < -0.3 is 24.4 Å². The van der Waals surface area contributed by atoms with Gasteiger partial charge in [0.1, 0.15) is 17.3 Å². The summed E-state index contributed by atoms with van der Waals surface area (Å²) in [6, 6.07) is 7.63. The molecule has 1 aliphatic rings. The first-order valence-corrected chi connectivity index (χ1v) is 9.44. The maximum absolute atomic E-state index is 13.0. The fourth-order valence-electron chi connectivity index (χ4n) is 3.44. The molecule has 8 heteroatoms. The summed E-state index contributed by atoms with van der Waals surface area (Å²) in [4.78, 5) is 33.3. The summed E-state index contributed by atoms with van der Waals surface area (Å²) in [6.07, 6.45) is 3.21. The third-order valence-electron chi connectivity index (χ3n) is 4.99. The number of methoxy groups -OCH3 is 2. The van der Waals surface area contributed by atoms with Gasteiger partial charge in [0.2, 0.25) is 0 Å². The molecule has 1 saturated heterocycles. The van der Waals surface area contributed by atoms with Crippen LogP contribution < -0.4 is 9.47 Å². The third-order valence-corrected chi connectivity index (χ3v) is 4.99. The molecule has 0 aliphatic carbocycles. The standard InChI is InChI=1S/C22H25N3O5/c1-24(2)10-11-25-19(14-6-5-9-23-13-14)18(21(27)22(25)28)20(26)16-8-7-15(29-3)12-17(16)30-4/h5-9,12-13,19,26H,10-11H2,1-4H3/b20-18+. The molecule has 1 aromatic carbocycles. The van der Waals surface area contributed by atoms with Gasteiger partial charge in [-0.15, -0.1) is 0 Å². The van der Waals surface area contributed by atoms with Gasteiger partial charge in [0, 0.05) is 31.5 Å². The Bertz CT molecular complexity index is 972. The Kier molecular flexibility index (Phi) is 6.37. The van der Waals surface area contributed by atoms with Crippen molar-refractivity contribution in [3.63, 3.8) is 0 Å². The highest BCUT2D eigenvalue weighted by atomic mass is 16.5. The van der Waals surface area contributed by atoms with Crippen molar-refractivity contribution in [1.82, 2.24) is 14.8 Å². The second-order valence-electron chi connectivity index (χ2n) is 7.15. The Hall–Kier alpha value is -3.39. The Labute approximate surface area is 175 Å². The van der Waals surface area contributed by atoms with Crippen molar-refractivity contribution in [3.8, 4) is 11.5 Å². The average molecular weight is 411 g/mol. The largest absolute Gasteiger partial charge is 0.507 e. The molecule has 0 saturated carbocycles. The number of hydrogen-bond acceptors (Lipinski definition) is 7. The summed E-state index contributed by atoms with van der Waals surface area (Å²) in [7, 11) is 6.75. The first-order chi connectivity index (χ1) is 14.4. The fraction of sp³-hybridized carbons (Fsp3) is 0.318. The van der Waals surface area contributed by atoms with Crippen LogP contribution in [-0.4, -0.2) is 73.0 Å². The molecule has 3 rings (SSSR count). The van der Waals surface area contributed by atoms with Crippen LogP contribution in [0.3, 0.4) is 0 Å². The third kappa shape index (κ3) is 3.99. The first kappa shape index (κ1) is 21.3. The number of Topliss-reactive ketones (excluding diaryl/α,β-unsaturated/α-hetero) is 1. The molecule has 2 aromatic rings. The molecule has 1 amide bonds. The lowest BCUT2D eigenvalue weighted by Gasteiger charge is -2.26. The molecule has 8 nitrogen and oxygen atoms in total. The summed E-state index contributed by atoms with van der Waals surface area (Å²) in [5.74, 6) is -0.818. The number of likely N-dealkylation sites (tertiary alicyclic amines) is 1. The normalized spacial score (nSPS) is 18.2. The topological polar surface area (TPSA) is 92.2 Å². The lowest BCUT2D eigenvalue weighted by atomic mass is 9.96. The van der Waals surface area contributed by atoms with Gasteiger partial charge in [-0.1, -0.05) is 6.07 Å². The molecule has 158 valence electrons. The van der Waals surface area contributed by atoms with Crippen LogP contribution in [0.1, 0.15) is 17.2 Å². The van der Waals surface area contributed by atoms with E-state index in [1.165, 1.54) is 19.1 Å². The smallest absolute Gasteiger partial charge is 0.295 e. The Morgan fingerprint density at radius 3 is 2.57 bits per heavy atom. The van der Waals surface area contributed by atoms with Crippen LogP contribution in [0.15, 0.2) is 48.3 Å². The van der Waals surface area contributed by atoms with Crippen LogP contribution in [0, 0.1) is 0 Å². The van der Waals surface area contributed by atoms with Gasteiger partial charge in [0.05, 0.1) is 31.4 Å². The summed E-state index contributed by atoms with van der Waals surface area (Å²) < 4.78 is 10.6. The highest BCUT2D eigenvalue weighted by Crippen LogP contribution is 2.41. The second kappa shape index (κ2) is 8.96. The molecule has 1 aliphatic heterocycles. The van der Waals surface area contributed by atoms with E-state index in [9.17, 15) is 14.7 Å². The Balaban J connectivity index is 2.17. The van der Waals surface area contributed by atoms with E-state index in [0.29, 0.717) is 35.7 Å². The number of rotatable bonds is 7. The maximum atomic E-state index is 13.0. The lowest BCUT2D eigenvalue weighted by Crippen LogP contribution is -2.35. The summed E-state index contributed by atoms with van der Waals surface area (Å²) in [6.45, 7) is 0.892. The second-order valence-corrected chi connectivity index (χ2v) is 7.15. The van der Waals surface area contributed by atoms with Crippen LogP contribution in [0.25, 0.3) is 5.76 Å². The predicted octanol–water partition coefficient (Wildman–Crippen LogP) is 2.08. The predicted molar refractivity (Wildman–Crippen MR) is 111 cm³/mol. The molecule has 1 N–H and O–H groups in total. The van der Waals surface area contributed by atoms with E-state index in [4.69, 9.17) is 9.47 Å². The first-order valence-electron chi connectivity index (χ1n) is 9.44. The molecule has 0 bridgehead atoms. The lowest BCUT2D eigenvalue weighted by molar-refractivity contribution is -0.140. The fourth-order valence-corrected chi connectivity index (χ4v) is 3.44. The molecule has 1 aromatic heterocycles. The summed E-state index contributed by atoms with van der Waals surface area (Å²) in [5.41, 5.74) is 0.956. The van der Waals surface area contributed by atoms with Gasteiger partial charge in [-0.2, -0.15) is 0 Å². The van der Waals surface area contributed by atoms with Crippen molar-refractivity contribution in [2.75, 3.05) is 41.4 Å². The van der Waals surface area contributed by atoms with E-state index in [1.54, 1.807) is 42.7 Å². The minimum absolute atomic E-state index is 0.00947. The molecule has 1 fully saturated rings.